The van der Waals surface area contributed by atoms with E-state index in [4.69, 9.17) is 0 Å². The van der Waals surface area contributed by atoms with Crippen molar-refractivity contribution < 1.29 is 22.8 Å². The van der Waals surface area contributed by atoms with Crippen LogP contribution in [0.5, 0.6) is 0 Å². The zero-order valence-corrected chi connectivity index (χ0v) is 15.5. The van der Waals surface area contributed by atoms with Crippen molar-refractivity contribution in [1.82, 2.24) is 0 Å². The van der Waals surface area contributed by atoms with Gasteiger partial charge in [-0.2, -0.15) is 13.2 Å². The van der Waals surface area contributed by atoms with Gasteiger partial charge >= 0.3 is 6.18 Å². The van der Waals surface area contributed by atoms with Crippen LogP contribution in [0.15, 0.2) is 53.0 Å². The minimum atomic E-state index is -4.75. The molecular weight excluding hydrogens is 427 g/mol. The molecular formula is C18H15BrF3N3O2. The summed E-state index contributed by atoms with van der Waals surface area (Å²) in [5.74, 6) is -1.58. The zero-order valence-electron chi connectivity index (χ0n) is 13.9. The summed E-state index contributed by atoms with van der Waals surface area (Å²) >= 11 is 3.28. The van der Waals surface area contributed by atoms with Gasteiger partial charge in [0.25, 0.3) is 0 Å². The minimum absolute atomic E-state index is 0.0216. The molecule has 1 atom stereocenters. The summed E-state index contributed by atoms with van der Waals surface area (Å²) < 4.78 is 41.7. The summed E-state index contributed by atoms with van der Waals surface area (Å²) in [7, 11) is 0. The van der Waals surface area contributed by atoms with Crippen LogP contribution < -0.4 is 15.5 Å². The Labute approximate surface area is 161 Å². The molecule has 2 aromatic rings. The first kappa shape index (κ1) is 19.2. The molecule has 0 spiro atoms. The lowest BCUT2D eigenvalue weighted by molar-refractivity contribution is -0.157. The summed E-state index contributed by atoms with van der Waals surface area (Å²) in [6.07, 6.45) is -5.61. The monoisotopic (exact) mass is 441 g/mol. The van der Waals surface area contributed by atoms with Crippen LogP contribution in [0.4, 0.5) is 30.2 Å². The van der Waals surface area contributed by atoms with Crippen LogP contribution >= 0.6 is 15.9 Å². The van der Waals surface area contributed by atoms with Crippen molar-refractivity contribution in [1.29, 1.82) is 0 Å². The number of nitrogens with zero attached hydrogens (tertiary/aromatic N) is 1. The highest BCUT2D eigenvalue weighted by molar-refractivity contribution is 9.10. The first-order valence-electron chi connectivity index (χ1n) is 8.03. The number of hydrogen-bond donors (Lipinski definition) is 2. The average Bonchev–Trinajstić information content (AvgIpc) is 2.76. The number of alkyl halides is 3. The SMILES string of the molecule is O=C1C[C@@H](C(F)(F)F)N(C(=O)CNc2ccc(Br)cc2)c2ccccc2N1. The molecule has 142 valence electrons. The Morgan fingerprint density at radius 2 is 1.85 bits per heavy atom. The Morgan fingerprint density at radius 3 is 2.52 bits per heavy atom. The normalized spacial score (nSPS) is 17.0. The summed E-state index contributed by atoms with van der Waals surface area (Å²) in [4.78, 5) is 25.3. The van der Waals surface area contributed by atoms with Crippen molar-refractivity contribution in [2.45, 2.75) is 18.6 Å². The summed E-state index contributed by atoms with van der Waals surface area (Å²) in [5, 5.41) is 5.25. The first-order valence-corrected chi connectivity index (χ1v) is 8.82. The molecule has 2 aromatic carbocycles. The van der Waals surface area contributed by atoms with Gasteiger partial charge in [-0.25, -0.2) is 0 Å². The van der Waals surface area contributed by atoms with Gasteiger partial charge in [0.05, 0.1) is 24.3 Å². The number of anilines is 3. The highest BCUT2D eigenvalue weighted by atomic mass is 79.9. The fraction of sp³-hybridized carbons (Fsp3) is 0.222. The molecule has 5 nitrogen and oxygen atoms in total. The second kappa shape index (κ2) is 7.59. The molecule has 1 aliphatic heterocycles. The maximum atomic E-state index is 13.6. The van der Waals surface area contributed by atoms with Gasteiger partial charge in [0.1, 0.15) is 6.04 Å². The number of nitrogens with one attached hydrogen (secondary N) is 2. The van der Waals surface area contributed by atoms with E-state index in [1.54, 1.807) is 30.3 Å². The largest absolute Gasteiger partial charge is 0.409 e. The van der Waals surface area contributed by atoms with E-state index >= 15 is 0 Å². The third-order valence-electron chi connectivity index (χ3n) is 4.06. The number of rotatable bonds is 3. The molecule has 2 amide bonds. The smallest absolute Gasteiger partial charge is 0.376 e. The van der Waals surface area contributed by atoms with Gasteiger partial charge in [0, 0.05) is 10.2 Å². The number of para-hydroxylation sites is 2. The summed E-state index contributed by atoms with van der Waals surface area (Å²) in [5.41, 5.74) is 0.784. The van der Waals surface area contributed by atoms with Crippen molar-refractivity contribution in [3.05, 3.63) is 53.0 Å². The van der Waals surface area contributed by atoms with Gasteiger partial charge < -0.3 is 10.6 Å². The Bertz CT molecular complexity index is 856. The Hall–Kier alpha value is -2.55. The molecule has 0 saturated heterocycles. The Morgan fingerprint density at radius 1 is 1.19 bits per heavy atom. The van der Waals surface area contributed by atoms with Crippen LogP contribution in [-0.4, -0.2) is 30.6 Å². The highest BCUT2D eigenvalue weighted by Gasteiger charge is 2.48. The van der Waals surface area contributed by atoms with Crippen LogP contribution in [0.25, 0.3) is 0 Å². The first-order chi connectivity index (χ1) is 12.8. The minimum Gasteiger partial charge on any atom is -0.376 e. The molecule has 2 N–H and O–H groups in total. The predicted octanol–water partition coefficient (Wildman–Crippen LogP) is 4.17. The van der Waals surface area contributed by atoms with Crippen molar-refractivity contribution in [3.63, 3.8) is 0 Å². The number of amides is 2. The number of hydrogen-bond acceptors (Lipinski definition) is 3. The standard InChI is InChI=1S/C18H15BrF3N3O2/c19-11-5-7-12(8-6-11)23-10-17(27)25-14-4-2-1-3-13(14)24-16(26)9-15(25)18(20,21)22/h1-8,15,23H,9-10H2,(H,24,26)/t15-/m0/s1. The maximum absolute atomic E-state index is 13.6. The molecule has 1 heterocycles. The van der Waals surface area contributed by atoms with E-state index in [0.29, 0.717) is 10.6 Å². The molecule has 9 heteroatoms. The van der Waals surface area contributed by atoms with E-state index in [0.717, 1.165) is 4.47 Å². The van der Waals surface area contributed by atoms with Crippen molar-refractivity contribution >= 4 is 44.8 Å². The van der Waals surface area contributed by atoms with Crippen LogP contribution in [-0.2, 0) is 9.59 Å². The van der Waals surface area contributed by atoms with Crippen molar-refractivity contribution in [3.8, 4) is 0 Å². The molecule has 0 aromatic heterocycles. The average molecular weight is 442 g/mol. The van der Waals surface area contributed by atoms with Crippen LogP contribution in [0.3, 0.4) is 0 Å². The van der Waals surface area contributed by atoms with E-state index in [1.165, 1.54) is 18.2 Å². The number of carbonyl (C=O) groups excluding carboxylic acids is 2. The van der Waals surface area contributed by atoms with Crippen molar-refractivity contribution in [2.24, 2.45) is 0 Å². The summed E-state index contributed by atoms with van der Waals surface area (Å²) in [6.45, 7) is -0.350. The van der Waals surface area contributed by atoms with Gasteiger partial charge in [-0.1, -0.05) is 28.1 Å². The third-order valence-corrected chi connectivity index (χ3v) is 4.59. The van der Waals surface area contributed by atoms with E-state index < -0.39 is 30.5 Å². The summed E-state index contributed by atoms with van der Waals surface area (Å²) in [6, 6.07) is 10.6. The number of fused-ring (bicyclic) bond motifs is 1. The second-order valence-electron chi connectivity index (χ2n) is 5.95. The van der Waals surface area contributed by atoms with Crippen LogP contribution in [0.1, 0.15) is 6.42 Å². The molecule has 0 saturated carbocycles. The number of benzene rings is 2. The van der Waals surface area contributed by atoms with Gasteiger partial charge in [-0.15, -0.1) is 0 Å². The van der Waals surface area contributed by atoms with Gasteiger partial charge in [0.15, 0.2) is 0 Å². The van der Waals surface area contributed by atoms with E-state index in [-0.39, 0.29) is 17.9 Å². The third kappa shape index (κ3) is 4.41. The zero-order chi connectivity index (χ0) is 19.6. The lowest BCUT2D eigenvalue weighted by atomic mass is 10.1. The Balaban J connectivity index is 1.91. The van der Waals surface area contributed by atoms with Crippen molar-refractivity contribution in [2.75, 3.05) is 22.1 Å². The highest BCUT2D eigenvalue weighted by Crippen LogP contribution is 2.37. The maximum Gasteiger partial charge on any atom is 0.409 e. The van der Waals surface area contributed by atoms with E-state index in [9.17, 15) is 22.8 Å². The fourth-order valence-corrected chi connectivity index (χ4v) is 3.09. The molecule has 27 heavy (non-hydrogen) atoms. The molecule has 0 fully saturated rings. The van der Waals surface area contributed by atoms with E-state index in [1.807, 2.05) is 0 Å². The molecule has 3 rings (SSSR count). The molecule has 0 unspecified atom stereocenters. The molecule has 0 aliphatic carbocycles. The fourth-order valence-electron chi connectivity index (χ4n) is 2.83. The topological polar surface area (TPSA) is 61.4 Å². The number of halogens is 4. The Kier molecular flexibility index (Phi) is 5.41. The van der Waals surface area contributed by atoms with Crippen LogP contribution in [0.2, 0.25) is 0 Å². The lowest BCUT2D eigenvalue weighted by Gasteiger charge is -2.31. The quantitative estimate of drug-likeness (QED) is 0.751. The predicted molar refractivity (Wildman–Crippen MR) is 99.6 cm³/mol. The van der Waals surface area contributed by atoms with Gasteiger partial charge in [0.2, 0.25) is 11.8 Å². The van der Waals surface area contributed by atoms with E-state index in [2.05, 4.69) is 26.6 Å². The molecule has 0 bridgehead atoms. The lowest BCUT2D eigenvalue weighted by Crippen LogP contribution is -2.51. The second-order valence-corrected chi connectivity index (χ2v) is 6.87. The van der Waals surface area contributed by atoms with Gasteiger partial charge in [-0.05, 0) is 36.4 Å². The van der Waals surface area contributed by atoms with Gasteiger partial charge in [-0.3, -0.25) is 14.5 Å². The van der Waals surface area contributed by atoms with Crippen LogP contribution in [0, 0.1) is 0 Å². The molecule has 0 radical (unpaired) electrons. The molecule has 1 aliphatic rings. The number of carbonyl (C=O) groups is 2.